The molecule has 3 rings (SSSR count). The molecule has 0 amide bonds. The Bertz CT molecular complexity index is 802. The van der Waals surface area contributed by atoms with Gasteiger partial charge in [-0.15, -0.1) is 0 Å². The fourth-order valence-corrected chi connectivity index (χ4v) is 2.56. The van der Waals surface area contributed by atoms with Crippen molar-refractivity contribution >= 4 is 23.1 Å². The number of fused-ring (bicyclic) bond motifs is 1. The molecule has 0 aromatic carbocycles. The normalized spacial score (nSPS) is 23.7. The lowest BCUT2D eigenvalue weighted by molar-refractivity contribution is -0.136. The monoisotopic (exact) mass is 339 g/mol. The summed E-state index contributed by atoms with van der Waals surface area (Å²) in [6.07, 6.45) is -0.659. The summed E-state index contributed by atoms with van der Waals surface area (Å²) in [5, 5.41) is 30.4. The van der Waals surface area contributed by atoms with Crippen LogP contribution in [0.25, 0.3) is 11.2 Å². The Morgan fingerprint density at radius 3 is 3.00 bits per heavy atom. The lowest BCUT2D eigenvalue weighted by Gasteiger charge is -2.13. The number of aliphatic carboxylic acids is 1. The minimum atomic E-state index is -0.973. The van der Waals surface area contributed by atoms with Crippen LogP contribution in [-0.2, 0) is 9.53 Å². The van der Waals surface area contributed by atoms with Gasteiger partial charge in [-0.25, -0.2) is 4.98 Å². The number of aliphatic hydroxyl groups excluding tert-OH is 2. The van der Waals surface area contributed by atoms with E-state index in [1.54, 1.807) is 0 Å². The molecule has 24 heavy (non-hydrogen) atoms. The second-order valence-electron chi connectivity index (χ2n) is 5.42. The van der Waals surface area contributed by atoms with Crippen molar-refractivity contribution in [3.63, 3.8) is 0 Å². The number of nitrogens with one attached hydrogen (secondary N) is 2. The summed E-state index contributed by atoms with van der Waals surface area (Å²) in [6, 6.07) is 0. The van der Waals surface area contributed by atoms with E-state index in [1.807, 2.05) is 0 Å². The van der Waals surface area contributed by atoms with Crippen LogP contribution in [0.2, 0.25) is 0 Å². The number of H-pyrrole nitrogens is 1. The van der Waals surface area contributed by atoms with Crippen molar-refractivity contribution in [1.29, 1.82) is 0 Å². The van der Waals surface area contributed by atoms with E-state index in [0.717, 1.165) is 0 Å². The van der Waals surface area contributed by atoms with Gasteiger partial charge in [-0.3, -0.25) is 19.1 Å². The van der Waals surface area contributed by atoms with Gasteiger partial charge in [0.25, 0.3) is 5.56 Å². The van der Waals surface area contributed by atoms with E-state index in [1.165, 1.54) is 10.9 Å². The number of carbonyl (C=O) groups is 1. The third-order valence-corrected chi connectivity index (χ3v) is 3.76. The van der Waals surface area contributed by atoms with Gasteiger partial charge < -0.3 is 25.4 Å². The molecule has 130 valence electrons. The number of aromatic nitrogens is 4. The Balaban J connectivity index is 1.88. The van der Waals surface area contributed by atoms with Crippen LogP contribution in [0.1, 0.15) is 19.1 Å². The standard InChI is InChI=1S/C13H17N5O6/c19-4-7-6(20)3-8(24-7)18-5-15-10-11(18)16-13(17-12(10)23)14-2-1-9(21)22/h5-8,19-20H,1-4H2,(H,21,22)(H2,14,16,17,23)/t6?,7-,8-/m1/s1. The van der Waals surface area contributed by atoms with Crippen LogP contribution in [0.4, 0.5) is 5.95 Å². The van der Waals surface area contributed by atoms with E-state index in [2.05, 4.69) is 20.3 Å². The number of ether oxygens (including phenoxy) is 1. The zero-order valence-electron chi connectivity index (χ0n) is 12.5. The third-order valence-electron chi connectivity index (χ3n) is 3.76. The van der Waals surface area contributed by atoms with E-state index in [0.29, 0.717) is 0 Å². The summed E-state index contributed by atoms with van der Waals surface area (Å²) in [5.41, 5.74) is -0.134. The molecule has 1 saturated heterocycles. The lowest BCUT2D eigenvalue weighted by atomic mass is 10.2. The third kappa shape index (κ3) is 3.09. The van der Waals surface area contributed by atoms with Gasteiger partial charge in [-0.05, 0) is 0 Å². The lowest BCUT2D eigenvalue weighted by Crippen LogP contribution is -2.24. The summed E-state index contributed by atoms with van der Waals surface area (Å²) in [7, 11) is 0. The largest absolute Gasteiger partial charge is 0.481 e. The SMILES string of the molecule is O=C(O)CCNc1nc2c(ncn2[C@H]2CC(O)[C@@H](CO)O2)c(=O)[nH]1. The summed E-state index contributed by atoms with van der Waals surface area (Å²) in [4.78, 5) is 33.3. The fourth-order valence-electron chi connectivity index (χ4n) is 2.56. The number of carboxylic acid groups (broad SMARTS) is 1. The molecule has 1 aliphatic heterocycles. The predicted molar refractivity (Wildman–Crippen MR) is 80.5 cm³/mol. The van der Waals surface area contributed by atoms with Crippen molar-refractivity contribution in [2.24, 2.45) is 0 Å². The van der Waals surface area contributed by atoms with Gasteiger partial charge in [-0.1, -0.05) is 0 Å². The summed E-state index contributed by atoms with van der Waals surface area (Å²) in [6.45, 7) is -0.219. The number of aromatic amines is 1. The highest BCUT2D eigenvalue weighted by Gasteiger charge is 2.35. The first-order valence-corrected chi connectivity index (χ1v) is 7.36. The smallest absolute Gasteiger partial charge is 0.305 e. The Kier molecular flexibility index (Phi) is 4.46. The molecule has 0 saturated carbocycles. The Hall–Kier alpha value is -2.50. The molecule has 5 N–H and O–H groups in total. The quantitative estimate of drug-likeness (QED) is 0.428. The first-order chi connectivity index (χ1) is 11.5. The maximum Gasteiger partial charge on any atom is 0.305 e. The van der Waals surface area contributed by atoms with Crippen molar-refractivity contribution in [2.45, 2.75) is 31.3 Å². The Morgan fingerprint density at radius 2 is 2.33 bits per heavy atom. The summed E-state index contributed by atoms with van der Waals surface area (Å²) < 4.78 is 7.05. The van der Waals surface area contributed by atoms with Gasteiger partial charge in [-0.2, -0.15) is 4.98 Å². The van der Waals surface area contributed by atoms with E-state index in [4.69, 9.17) is 14.9 Å². The Labute approximate surface area is 134 Å². The molecule has 2 aromatic rings. The zero-order valence-corrected chi connectivity index (χ0v) is 12.5. The maximum absolute atomic E-state index is 12.1. The first kappa shape index (κ1) is 16.4. The van der Waals surface area contributed by atoms with Crippen LogP contribution < -0.4 is 10.9 Å². The molecular weight excluding hydrogens is 322 g/mol. The number of carboxylic acids is 1. The summed E-state index contributed by atoms with van der Waals surface area (Å²) in [5.74, 6) is -0.855. The van der Waals surface area contributed by atoms with E-state index >= 15 is 0 Å². The van der Waals surface area contributed by atoms with Crippen molar-refractivity contribution < 1.29 is 24.9 Å². The van der Waals surface area contributed by atoms with Crippen LogP contribution >= 0.6 is 0 Å². The topological polar surface area (TPSA) is 163 Å². The minimum Gasteiger partial charge on any atom is -0.481 e. The van der Waals surface area contributed by atoms with Gasteiger partial charge in [0.05, 0.1) is 25.5 Å². The van der Waals surface area contributed by atoms with Gasteiger partial charge in [0.1, 0.15) is 12.3 Å². The van der Waals surface area contributed by atoms with Crippen molar-refractivity contribution in [2.75, 3.05) is 18.5 Å². The van der Waals surface area contributed by atoms with Gasteiger partial charge in [0.2, 0.25) is 5.95 Å². The molecule has 3 heterocycles. The molecule has 1 fully saturated rings. The van der Waals surface area contributed by atoms with Gasteiger partial charge in [0, 0.05) is 13.0 Å². The van der Waals surface area contributed by atoms with E-state index in [-0.39, 0.29) is 43.1 Å². The maximum atomic E-state index is 12.1. The molecule has 11 nitrogen and oxygen atoms in total. The molecule has 1 aliphatic rings. The molecule has 0 aliphatic carbocycles. The first-order valence-electron chi connectivity index (χ1n) is 7.36. The Morgan fingerprint density at radius 1 is 1.54 bits per heavy atom. The van der Waals surface area contributed by atoms with Crippen LogP contribution in [0.3, 0.4) is 0 Å². The highest BCUT2D eigenvalue weighted by atomic mass is 16.5. The molecule has 2 aromatic heterocycles. The summed E-state index contributed by atoms with van der Waals surface area (Å²) >= 11 is 0. The highest BCUT2D eigenvalue weighted by molar-refractivity contribution is 5.71. The number of nitrogens with zero attached hydrogens (tertiary/aromatic N) is 3. The molecule has 0 spiro atoms. The number of aliphatic hydroxyl groups is 2. The van der Waals surface area contributed by atoms with Crippen LogP contribution in [-0.4, -0.2) is 66.2 Å². The second-order valence-corrected chi connectivity index (χ2v) is 5.42. The number of hydrogen-bond donors (Lipinski definition) is 5. The van der Waals surface area contributed by atoms with Crippen LogP contribution in [0.5, 0.6) is 0 Å². The van der Waals surface area contributed by atoms with Gasteiger partial charge >= 0.3 is 5.97 Å². The van der Waals surface area contributed by atoms with Crippen LogP contribution in [0, 0.1) is 0 Å². The number of anilines is 1. The molecule has 11 heteroatoms. The molecule has 0 bridgehead atoms. The zero-order chi connectivity index (χ0) is 17.3. The van der Waals surface area contributed by atoms with E-state index in [9.17, 15) is 14.7 Å². The number of imidazole rings is 1. The minimum absolute atomic E-state index is 0.100. The van der Waals surface area contributed by atoms with Gasteiger partial charge in [0.15, 0.2) is 11.2 Å². The number of hydrogen-bond acceptors (Lipinski definition) is 8. The van der Waals surface area contributed by atoms with Crippen molar-refractivity contribution in [1.82, 2.24) is 19.5 Å². The molecular formula is C13H17N5O6. The van der Waals surface area contributed by atoms with E-state index < -0.39 is 30.0 Å². The average Bonchev–Trinajstić information content (AvgIpc) is 3.10. The van der Waals surface area contributed by atoms with Crippen molar-refractivity contribution in [3.8, 4) is 0 Å². The van der Waals surface area contributed by atoms with Crippen LogP contribution in [0.15, 0.2) is 11.1 Å². The number of rotatable bonds is 6. The van der Waals surface area contributed by atoms with Crippen molar-refractivity contribution in [3.05, 3.63) is 16.7 Å². The molecule has 1 unspecified atom stereocenters. The molecule has 0 radical (unpaired) electrons. The predicted octanol–water partition coefficient (Wildman–Crippen LogP) is -1.35. The second kappa shape index (κ2) is 6.55. The molecule has 3 atom stereocenters. The highest BCUT2D eigenvalue weighted by Crippen LogP contribution is 2.30. The fraction of sp³-hybridized carbons (Fsp3) is 0.538. The average molecular weight is 339 g/mol.